The van der Waals surface area contributed by atoms with Gasteiger partial charge in [0.1, 0.15) is 11.3 Å². The minimum Gasteiger partial charge on any atom is -0.483 e. The Hall–Kier alpha value is -3.15. The zero-order chi connectivity index (χ0) is 18.8. The maximum absolute atomic E-state index is 12.3. The first-order valence-corrected chi connectivity index (χ1v) is 9.04. The zero-order valence-electron chi connectivity index (χ0n) is 15.1. The minimum absolute atomic E-state index is 0.138. The summed E-state index contributed by atoms with van der Waals surface area (Å²) < 4.78 is 11.4. The van der Waals surface area contributed by atoms with Gasteiger partial charge >= 0.3 is 5.63 Å². The van der Waals surface area contributed by atoms with Crippen LogP contribution in [0.2, 0.25) is 0 Å². The van der Waals surface area contributed by atoms with Crippen molar-refractivity contribution in [3.8, 4) is 5.75 Å². The summed E-state index contributed by atoms with van der Waals surface area (Å²) in [6.45, 7) is 1.77. The molecule has 0 fully saturated rings. The maximum Gasteiger partial charge on any atom is 0.339 e. The zero-order valence-corrected chi connectivity index (χ0v) is 15.1. The first kappa shape index (κ1) is 17.3. The molecule has 1 N–H and O–H groups in total. The molecular formula is C21H20N2O4. The fourth-order valence-electron chi connectivity index (χ4n) is 3.56. The predicted molar refractivity (Wildman–Crippen MR) is 102 cm³/mol. The first-order chi connectivity index (χ1) is 13.1. The molecule has 3 aromatic rings. The third kappa shape index (κ3) is 3.56. The molecule has 6 nitrogen and oxygen atoms in total. The van der Waals surface area contributed by atoms with Gasteiger partial charge < -0.3 is 14.5 Å². The maximum atomic E-state index is 12.3. The molecular weight excluding hydrogens is 344 g/mol. The number of fused-ring (bicyclic) bond motifs is 3. The quantitative estimate of drug-likeness (QED) is 0.718. The largest absolute Gasteiger partial charge is 0.483 e. The van der Waals surface area contributed by atoms with Crippen LogP contribution in [0.1, 0.15) is 29.5 Å². The molecule has 0 bridgehead atoms. The summed E-state index contributed by atoms with van der Waals surface area (Å²) in [6.07, 6.45) is 6.77. The van der Waals surface area contributed by atoms with E-state index in [0.29, 0.717) is 17.0 Å². The lowest BCUT2D eigenvalue weighted by atomic mass is 9.90. The minimum atomic E-state index is -0.274. The van der Waals surface area contributed by atoms with Gasteiger partial charge in [0.05, 0.1) is 17.3 Å². The van der Waals surface area contributed by atoms with E-state index in [1.807, 2.05) is 19.1 Å². The highest BCUT2D eigenvalue weighted by Crippen LogP contribution is 2.34. The second-order valence-corrected chi connectivity index (χ2v) is 6.77. The summed E-state index contributed by atoms with van der Waals surface area (Å²) in [5, 5.41) is 3.56. The van der Waals surface area contributed by atoms with Crippen molar-refractivity contribution >= 4 is 22.6 Å². The fourth-order valence-corrected chi connectivity index (χ4v) is 3.56. The van der Waals surface area contributed by atoms with E-state index in [2.05, 4.69) is 10.3 Å². The Balaban J connectivity index is 1.65. The summed E-state index contributed by atoms with van der Waals surface area (Å²) in [6, 6.07) is 7.24. The van der Waals surface area contributed by atoms with Crippen molar-refractivity contribution in [1.82, 2.24) is 4.98 Å². The summed E-state index contributed by atoms with van der Waals surface area (Å²) >= 11 is 0. The van der Waals surface area contributed by atoms with E-state index in [0.717, 1.165) is 47.8 Å². The number of hydrogen-bond donors (Lipinski definition) is 1. The van der Waals surface area contributed by atoms with E-state index in [4.69, 9.17) is 9.15 Å². The molecule has 0 atom stereocenters. The van der Waals surface area contributed by atoms with Crippen LogP contribution in [-0.4, -0.2) is 17.5 Å². The van der Waals surface area contributed by atoms with Gasteiger partial charge in [0.15, 0.2) is 6.61 Å². The van der Waals surface area contributed by atoms with Crippen molar-refractivity contribution in [1.29, 1.82) is 0 Å². The van der Waals surface area contributed by atoms with Gasteiger partial charge in [-0.3, -0.25) is 9.78 Å². The Kier molecular flexibility index (Phi) is 4.62. The van der Waals surface area contributed by atoms with Crippen LogP contribution in [0, 0.1) is 6.92 Å². The predicted octanol–water partition coefficient (Wildman–Crippen LogP) is 3.39. The molecule has 0 saturated heterocycles. The third-order valence-electron chi connectivity index (χ3n) is 4.73. The molecule has 0 unspecified atom stereocenters. The van der Waals surface area contributed by atoms with Crippen LogP contribution in [0.5, 0.6) is 5.75 Å². The summed E-state index contributed by atoms with van der Waals surface area (Å²) in [5.74, 6) is 0.303. The highest BCUT2D eigenvalue weighted by Gasteiger charge is 2.21. The number of aromatic nitrogens is 1. The lowest BCUT2D eigenvalue weighted by Crippen LogP contribution is -2.21. The molecule has 1 aromatic carbocycles. The summed E-state index contributed by atoms with van der Waals surface area (Å²) in [5.41, 5.74) is 3.51. The van der Waals surface area contributed by atoms with Gasteiger partial charge in [-0.05, 0) is 68.0 Å². The van der Waals surface area contributed by atoms with Crippen molar-refractivity contribution in [2.45, 2.75) is 32.6 Å². The van der Waals surface area contributed by atoms with E-state index in [1.54, 1.807) is 24.5 Å². The molecule has 4 rings (SSSR count). The summed E-state index contributed by atoms with van der Waals surface area (Å²) in [4.78, 5) is 28.5. The van der Waals surface area contributed by atoms with E-state index >= 15 is 0 Å². The highest BCUT2D eigenvalue weighted by molar-refractivity contribution is 5.93. The molecule has 0 saturated carbocycles. The van der Waals surface area contributed by atoms with Crippen LogP contribution in [0.4, 0.5) is 5.69 Å². The molecule has 0 aliphatic heterocycles. The number of nitrogens with zero attached hydrogens (tertiary/aromatic N) is 1. The van der Waals surface area contributed by atoms with Gasteiger partial charge in [-0.15, -0.1) is 0 Å². The number of carbonyl (C=O) groups is 1. The number of aryl methyl sites for hydroxylation is 2. The van der Waals surface area contributed by atoms with Crippen molar-refractivity contribution in [2.24, 2.45) is 0 Å². The van der Waals surface area contributed by atoms with Gasteiger partial charge in [-0.1, -0.05) is 0 Å². The van der Waals surface area contributed by atoms with Crippen molar-refractivity contribution in [3.63, 3.8) is 0 Å². The Morgan fingerprint density at radius 3 is 2.85 bits per heavy atom. The van der Waals surface area contributed by atoms with Crippen molar-refractivity contribution in [2.75, 3.05) is 11.9 Å². The van der Waals surface area contributed by atoms with E-state index < -0.39 is 0 Å². The molecule has 1 amide bonds. The monoisotopic (exact) mass is 364 g/mol. The molecule has 0 spiro atoms. The number of pyridine rings is 1. The first-order valence-electron chi connectivity index (χ1n) is 9.04. The Morgan fingerprint density at radius 1 is 1.26 bits per heavy atom. The molecule has 27 heavy (non-hydrogen) atoms. The number of rotatable bonds is 4. The molecule has 1 aliphatic carbocycles. The topological polar surface area (TPSA) is 81.4 Å². The molecule has 2 aromatic heterocycles. The normalized spacial score (nSPS) is 13.2. The van der Waals surface area contributed by atoms with Crippen LogP contribution in [0.3, 0.4) is 0 Å². The number of anilines is 1. The number of hydrogen-bond acceptors (Lipinski definition) is 5. The van der Waals surface area contributed by atoms with Gasteiger partial charge in [0, 0.05) is 11.8 Å². The number of carbonyl (C=O) groups excluding carboxylic acids is 1. The lowest BCUT2D eigenvalue weighted by Gasteiger charge is -2.18. The van der Waals surface area contributed by atoms with Gasteiger partial charge in [-0.2, -0.15) is 0 Å². The van der Waals surface area contributed by atoms with Gasteiger partial charge in [-0.25, -0.2) is 4.79 Å². The number of benzene rings is 1. The second kappa shape index (κ2) is 7.23. The highest BCUT2D eigenvalue weighted by atomic mass is 16.5. The average molecular weight is 364 g/mol. The van der Waals surface area contributed by atoms with E-state index in [-0.39, 0.29) is 18.1 Å². The SMILES string of the molecule is Cc1cc(OCC(=O)Nc2cccnc2)c2c3c(c(=O)oc2c1)CCCC3. The van der Waals surface area contributed by atoms with E-state index in [9.17, 15) is 9.59 Å². The van der Waals surface area contributed by atoms with Crippen LogP contribution in [0.25, 0.3) is 11.0 Å². The second-order valence-electron chi connectivity index (χ2n) is 6.77. The molecule has 1 aliphatic rings. The van der Waals surface area contributed by atoms with Crippen LogP contribution >= 0.6 is 0 Å². The Bertz CT molecular complexity index is 1060. The van der Waals surface area contributed by atoms with Crippen LogP contribution in [0.15, 0.2) is 45.9 Å². The number of amides is 1. The summed E-state index contributed by atoms with van der Waals surface area (Å²) in [7, 11) is 0. The van der Waals surface area contributed by atoms with Gasteiger partial charge in [0.25, 0.3) is 5.91 Å². The molecule has 0 radical (unpaired) electrons. The number of ether oxygens (including phenoxy) is 1. The van der Waals surface area contributed by atoms with Crippen LogP contribution < -0.4 is 15.7 Å². The standard InChI is InChI=1S/C21H20N2O4/c1-13-9-17(26-12-19(24)23-14-5-4-8-22-11-14)20-15-6-2-3-7-16(15)21(25)27-18(20)10-13/h4-5,8-11H,2-3,6-7,12H2,1H3,(H,23,24). The van der Waals surface area contributed by atoms with Crippen molar-refractivity contribution < 1.29 is 13.9 Å². The molecule has 6 heteroatoms. The van der Waals surface area contributed by atoms with Gasteiger partial charge in [0.2, 0.25) is 0 Å². The average Bonchev–Trinajstić information content (AvgIpc) is 2.67. The fraction of sp³-hybridized carbons (Fsp3) is 0.286. The van der Waals surface area contributed by atoms with E-state index in [1.165, 1.54) is 0 Å². The van der Waals surface area contributed by atoms with Crippen LogP contribution in [-0.2, 0) is 17.6 Å². The smallest absolute Gasteiger partial charge is 0.339 e. The third-order valence-corrected chi connectivity index (χ3v) is 4.73. The lowest BCUT2D eigenvalue weighted by molar-refractivity contribution is -0.118. The Morgan fingerprint density at radius 2 is 2.07 bits per heavy atom. The molecule has 138 valence electrons. The van der Waals surface area contributed by atoms with Crippen molar-refractivity contribution in [3.05, 3.63) is 63.8 Å². The number of nitrogens with one attached hydrogen (secondary N) is 1. The molecule has 2 heterocycles. The Labute approximate surface area is 156 Å².